The highest BCUT2D eigenvalue weighted by Gasteiger charge is 2.34. The fraction of sp³-hybridized carbons (Fsp3) is 0.235. The molecule has 2 aromatic rings. The van der Waals surface area contributed by atoms with Gasteiger partial charge >= 0.3 is 6.09 Å². The molecule has 4 heteroatoms. The molecule has 1 fully saturated rings. The second-order valence-electron chi connectivity index (χ2n) is 5.09. The van der Waals surface area contributed by atoms with E-state index in [0.717, 1.165) is 28.6 Å². The monoisotopic (exact) mass is 345 g/mol. The predicted molar refractivity (Wildman–Crippen MR) is 84.8 cm³/mol. The Labute approximate surface area is 132 Å². The fourth-order valence-corrected chi connectivity index (χ4v) is 2.89. The van der Waals surface area contributed by atoms with E-state index in [4.69, 9.17) is 4.74 Å². The van der Waals surface area contributed by atoms with E-state index in [9.17, 15) is 4.79 Å². The van der Waals surface area contributed by atoms with Gasteiger partial charge in [0, 0.05) is 11.0 Å². The lowest BCUT2D eigenvalue weighted by Gasteiger charge is -2.40. The third kappa shape index (κ3) is 3.27. The summed E-state index contributed by atoms with van der Waals surface area (Å²) in [5, 5.41) is 0. The summed E-state index contributed by atoms with van der Waals surface area (Å²) in [6, 6.07) is 18.0. The van der Waals surface area contributed by atoms with Crippen LogP contribution in [0.3, 0.4) is 0 Å². The van der Waals surface area contributed by atoms with Gasteiger partial charge in [0.25, 0.3) is 0 Å². The molecule has 1 unspecified atom stereocenters. The highest BCUT2D eigenvalue weighted by atomic mass is 79.9. The van der Waals surface area contributed by atoms with Gasteiger partial charge in [0.1, 0.15) is 6.61 Å². The van der Waals surface area contributed by atoms with Crippen LogP contribution in [-0.4, -0.2) is 17.5 Å². The van der Waals surface area contributed by atoms with E-state index in [0.29, 0.717) is 6.61 Å². The van der Waals surface area contributed by atoms with Crippen molar-refractivity contribution in [3.05, 3.63) is 70.2 Å². The molecule has 0 N–H and O–H groups in total. The number of carbonyl (C=O) groups is 1. The molecule has 1 saturated heterocycles. The van der Waals surface area contributed by atoms with Gasteiger partial charge in [-0.25, -0.2) is 4.79 Å². The first-order valence-electron chi connectivity index (χ1n) is 6.97. The molecule has 1 aliphatic rings. The number of amides is 1. The zero-order valence-electron chi connectivity index (χ0n) is 11.5. The summed E-state index contributed by atoms with van der Waals surface area (Å²) in [6.45, 7) is 1.08. The first-order chi connectivity index (χ1) is 10.2. The van der Waals surface area contributed by atoms with Crippen LogP contribution in [0.15, 0.2) is 59.1 Å². The number of halogens is 1. The van der Waals surface area contributed by atoms with Crippen molar-refractivity contribution in [3.63, 3.8) is 0 Å². The lowest BCUT2D eigenvalue weighted by atomic mass is 9.95. The molecule has 2 aromatic carbocycles. The zero-order valence-corrected chi connectivity index (χ0v) is 13.1. The minimum Gasteiger partial charge on any atom is -0.445 e. The molecule has 108 valence electrons. The standard InChI is InChI=1S/C17H16BrNO2/c18-15-8-4-7-14(11-15)16-9-10-19(16)17(20)21-12-13-5-2-1-3-6-13/h1-8,11,16H,9-10,12H2. The minimum atomic E-state index is -0.241. The number of carbonyl (C=O) groups excluding carboxylic acids is 1. The van der Waals surface area contributed by atoms with Gasteiger partial charge in [0.2, 0.25) is 0 Å². The van der Waals surface area contributed by atoms with E-state index in [1.807, 2.05) is 48.5 Å². The van der Waals surface area contributed by atoms with E-state index in [-0.39, 0.29) is 12.1 Å². The molecule has 0 bridgehead atoms. The number of hydrogen-bond acceptors (Lipinski definition) is 2. The molecule has 0 aromatic heterocycles. The Balaban J connectivity index is 1.60. The smallest absolute Gasteiger partial charge is 0.410 e. The van der Waals surface area contributed by atoms with Crippen molar-refractivity contribution in [2.24, 2.45) is 0 Å². The van der Waals surface area contributed by atoms with Crippen molar-refractivity contribution >= 4 is 22.0 Å². The Hall–Kier alpha value is -1.81. The summed E-state index contributed by atoms with van der Waals surface area (Å²) < 4.78 is 6.42. The summed E-state index contributed by atoms with van der Waals surface area (Å²) in [6.07, 6.45) is 0.742. The molecule has 3 nitrogen and oxygen atoms in total. The number of ether oxygens (including phenoxy) is 1. The van der Waals surface area contributed by atoms with Gasteiger partial charge in [0.15, 0.2) is 0 Å². The highest BCUT2D eigenvalue weighted by Crippen LogP contribution is 2.34. The van der Waals surface area contributed by atoms with Crippen molar-refractivity contribution in [3.8, 4) is 0 Å². The van der Waals surface area contributed by atoms with Crippen molar-refractivity contribution in [1.29, 1.82) is 0 Å². The highest BCUT2D eigenvalue weighted by molar-refractivity contribution is 9.10. The van der Waals surface area contributed by atoms with E-state index in [1.54, 1.807) is 4.90 Å². The maximum absolute atomic E-state index is 12.2. The first kappa shape index (κ1) is 14.1. The second-order valence-corrected chi connectivity index (χ2v) is 6.01. The first-order valence-corrected chi connectivity index (χ1v) is 7.76. The molecule has 3 rings (SSSR count). The van der Waals surface area contributed by atoms with Gasteiger partial charge < -0.3 is 9.64 Å². The van der Waals surface area contributed by atoms with Crippen molar-refractivity contribution < 1.29 is 9.53 Å². The molecule has 0 radical (unpaired) electrons. The molecule has 0 saturated carbocycles. The van der Waals surface area contributed by atoms with Crippen molar-refractivity contribution in [2.75, 3.05) is 6.54 Å². The van der Waals surface area contributed by atoms with Gasteiger partial charge in [-0.05, 0) is 29.7 Å². The van der Waals surface area contributed by atoms with E-state index in [1.165, 1.54) is 0 Å². The summed E-state index contributed by atoms with van der Waals surface area (Å²) in [5.41, 5.74) is 2.15. The Morgan fingerprint density at radius 1 is 1.19 bits per heavy atom. The van der Waals surface area contributed by atoms with Crippen molar-refractivity contribution in [2.45, 2.75) is 19.1 Å². The number of rotatable bonds is 3. The molecule has 0 aliphatic carbocycles. The van der Waals surface area contributed by atoms with Crippen LogP contribution >= 0.6 is 15.9 Å². The van der Waals surface area contributed by atoms with Crippen molar-refractivity contribution in [1.82, 2.24) is 4.90 Å². The van der Waals surface area contributed by atoms with E-state index in [2.05, 4.69) is 22.0 Å². The van der Waals surface area contributed by atoms with Gasteiger partial charge in [-0.15, -0.1) is 0 Å². The van der Waals surface area contributed by atoms with Crippen LogP contribution in [0.25, 0.3) is 0 Å². The second kappa shape index (κ2) is 6.31. The average molecular weight is 346 g/mol. The van der Waals surface area contributed by atoms with Crippen LogP contribution in [-0.2, 0) is 11.3 Å². The Kier molecular flexibility index (Phi) is 4.25. The largest absolute Gasteiger partial charge is 0.445 e. The van der Waals surface area contributed by atoms with Gasteiger partial charge in [-0.2, -0.15) is 0 Å². The van der Waals surface area contributed by atoms with Gasteiger partial charge in [-0.3, -0.25) is 0 Å². The Morgan fingerprint density at radius 3 is 2.67 bits per heavy atom. The average Bonchev–Trinajstić information content (AvgIpc) is 2.45. The number of likely N-dealkylation sites (tertiary alicyclic amines) is 1. The topological polar surface area (TPSA) is 29.5 Å². The summed E-state index contributed by atoms with van der Waals surface area (Å²) in [7, 11) is 0. The van der Waals surface area contributed by atoms with Crippen LogP contribution < -0.4 is 0 Å². The van der Waals surface area contributed by atoms with Crippen LogP contribution in [0.5, 0.6) is 0 Å². The maximum atomic E-state index is 12.2. The fourth-order valence-electron chi connectivity index (χ4n) is 2.47. The summed E-state index contributed by atoms with van der Waals surface area (Å²) in [4.78, 5) is 13.9. The third-order valence-electron chi connectivity index (χ3n) is 3.69. The van der Waals surface area contributed by atoms with E-state index < -0.39 is 0 Å². The Bertz CT molecular complexity index is 630. The number of benzene rings is 2. The number of nitrogens with zero attached hydrogens (tertiary/aromatic N) is 1. The van der Waals surface area contributed by atoms with Gasteiger partial charge in [0.05, 0.1) is 6.04 Å². The quantitative estimate of drug-likeness (QED) is 0.817. The lowest BCUT2D eigenvalue weighted by molar-refractivity contribution is 0.0432. The Morgan fingerprint density at radius 2 is 2.00 bits per heavy atom. The van der Waals surface area contributed by atoms with E-state index >= 15 is 0 Å². The molecular weight excluding hydrogens is 330 g/mol. The molecule has 1 atom stereocenters. The van der Waals surface area contributed by atoms with Crippen LogP contribution in [0, 0.1) is 0 Å². The SMILES string of the molecule is O=C(OCc1ccccc1)N1CCC1c1cccc(Br)c1. The summed E-state index contributed by atoms with van der Waals surface area (Å²) in [5.74, 6) is 0. The number of hydrogen-bond donors (Lipinski definition) is 0. The minimum absolute atomic E-state index is 0.130. The maximum Gasteiger partial charge on any atom is 0.410 e. The molecule has 1 amide bonds. The summed E-state index contributed by atoms with van der Waals surface area (Å²) >= 11 is 3.47. The molecular formula is C17H16BrNO2. The van der Waals surface area contributed by atoms with Crippen LogP contribution in [0.2, 0.25) is 0 Å². The van der Waals surface area contributed by atoms with Gasteiger partial charge in [-0.1, -0.05) is 58.4 Å². The molecule has 0 spiro atoms. The third-order valence-corrected chi connectivity index (χ3v) is 4.19. The molecule has 1 heterocycles. The zero-order chi connectivity index (χ0) is 14.7. The lowest BCUT2D eigenvalue weighted by Crippen LogP contribution is -2.45. The van der Waals surface area contributed by atoms with Crippen LogP contribution in [0.4, 0.5) is 4.79 Å². The molecule has 21 heavy (non-hydrogen) atoms. The predicted octanol–water partition coefficient (Wildman–Crippen LogP) is 4.53. The van der Waals surface area contributed by atoms with Crippen LogP contribution in [0.1, 0.15) is 23.6 Å². The molecule has 1 aliphatic heterocycles. The normalized spacial score (nSPS) is 17.2.